The molecule has 2 aromatic heterocycles. The summed E-state index contributed by atoms with van der Waals surface area (Å²) in [5.74, 6) is 0. The number of anilines is 3. The van der Waals surface area contributed by atoms with Crippen LogP contribution in [0, 0.1) is 6.92 Å². The highest BCUT2D eigenvalue weighted by molar-refractivity contribution is 9.10. The Balaban J connectivity index is 0.000000168. The van der Waals surface area contributed by atoms with Gasteiger partial charge in [-0.3, -0.25) is 4.98 Å². The molecule has 4 N–H and O–H groups in total. The van der Waals surface area contributed by atoms with E-state index in [0.717, 1.165) is 40.7 Å². The fourth-order valence-electron chi connectivity index (χ4n) is 3.99. The summed E-state index contributed by atoms with van der Waals surface area (Å²) in [6.07, 6.45) is 8.48. The van der Waals surface area contributed by atoms with Crippen molar-refractivity contribution in [3.63, 3.8) is 0 Å². The van der Waals surface area contributed by atoms with Gasteiger partial charge in [-0.15, -0.1) is 0 Å². The summed E-state index contributed by atoms with van der Waals surface area (Å²) < 4.78 is 0.923. The quantitative estimate of drug-likeness (QED) is 0.296. The lowest BCUT2D eigenvalue weighted by molar-refractivity contribution is 0.899. The van der Waals surface area contributed by atoms with E-state index in [-0.39, 0.29) is 0 Å². The Hall–Kier alpha value is -2.79. The topological polar surface area (TPSA) is 66.7 Å². The third kappa shape index (κ3) is 4.21. The molecule has 154 valence electrons. The van der Waals surface area contributed by atoms with Crippen LogP contribution in [0.25, 0.3) is 10.9 Å². The zero-order valence-electron chi connectivity index (χ0n) is 17.4. The number of nitrogens with two attached hydrogens (primary N) is 1. The van der Waals surface area contributed by atoms with E-state index in [1.807, 2.05) is 24.4 Å². The number of halogens is 1. The fourth-order valence-corrected chi connectivity index (χ4v) is 4.33. The second kappa shape index (κ2) is 8.92. The van der Waals surface area contributed by atoms with Crippen molar-refractivity contribution in [2.75, 3.05) is 11.1 Å². The molecule has 5 rings (SSSR count). The van der Waals surface area contributed by atoms with E-state index in [4.69, 9.17) is 5.73 Å². The number of aryl methyl sites for hydroxylation is 3. The Morgan fingerprint density at radius 2 is 1.97 bits per heavy atom. The first-order valence-corrected chi connectivity index (χ1v) is 11.2. The lowest BCUT2D eigenvalue weighted by Gasteiger charge is -2.14. The van der Waals surface area contributed by atoms with Gasteiger partial charge in [0.15, 0.2) is 0 Å². The standard InChI is InChI=1S/C15H16BrN3.C10H11N/c1-9-7-12(17)11(16)8-15(9)19-14-5-6-18-13-4-2-3-10(13)14;1-2-8-7-11-10-6-4-3-5-9(8)10/h5-8H,2-4,17H2,1H3,(H,18,19);3-7,11H,2H2,1H3. The predicted molar refractivity (Wildman–Crippen MR) is 131 cm³/mol. The Kier molecular flexibility index (Phi) is 6.09. The van der Waals surface area contributed by atoms with Crippen molar-refractivity contribution in [2.24, 2.45) is 0 Å². The molecule has 0 atom stereocenters. The number of benzene rings is 2. The molecule has 0 amide bonds. The van der Waals surface area contributed by atoms with Gasteiger partial charge in [-0.2, -0.15) is 0 Å². The molecule has 0 saturated carbocycles. The molecule has 5 heteroatoms. The number of hydrogen-bond acceptors (Lipinski definition) is 3. The summed E-state index contributed by atoms with van der Waals surface area (Å²) in [5, 5.41) is 4.87. The number of aromatic nitrogens is 2. The molecule has 2 heterocycles. The molecule has 0 fully saturated rings. The molecule has 1 aliphatic carbocycles. The van der Waals surface area contributed by atoms with E-state index in [1.54, 1.807) is 0 Å². The fraction of sp³-hybridized carbons (Fsp3) is 0.240. The van der Waals surface area contributed by atoms with Crippen LogP contribution < -0.4 is 11.1 Å². The van der Waals surface area contributed by atoms with Crippen LogP contribution in [-0.4, -0.2) is 9.97 Å². The van der Waals surface area contributed by atoms with Crippen molar-refractivity contribution in [3.8, 4) is 0 Å². The summed E-state index contributed by atoms with van der Waals surface area (Å²) in [6, 6.07) is 14.5. The minimum Gasteiger partial charge on any atom is -0.398 e. The second-order valence-electron chi connectivity index (χ2n) is 7.66. The molecule has 0 saturated heterocycles. The lowest BCUT2D eigenvalue weighted by atomic mass is 10.1. The van der Waals surface area contributed by atoms with Gasteiger partial charge in [-0.25, -0.2) is 0 Å². The number of aromatic amines is 1. The molecule has 0 bridgehead atoms. The average Bonchev–Trinajstić information content (AvgIpc) is 3.40. The van der Waals surface area contributed by atoms with Crippen LogP contribution >= 0.6 is 15.9 Å². The number of fused-ring (bicyclic) bond motifs is 2. The number of nitrogens with zero attached hydrogens (tertiary/aromatic N) is 1. The number of rotatable bonds is 3. The van der Waals surface area contributed by atoms with Crippen LogP contribution in [0.1, 0.15) is 35.7 Å². The summed E-state index contributed by atoms with van der Waals surface area (Å²) >= 11 is 3.48. The van der Waals surface area contributed by atoms with Crippen LogP contribution in [-0.2, 0) is 19.3 Å². The van der Waals surface area contributed by atoms with E-state index in [2.05, 4.69) is 75.5 Å². The van der Waals surface area contributed by atoms with E-state index >= 15 is 0 Å². The van der Waals surface area contributed by atoms with Crippen molar-refractivity contribution >= 4 is 43.9 Å². The predicted octanol–water partition coefficient (Wildman–Crippen LogP) is 6.70. The van der Waals surface area contributed by atoms with Crippen molar-refractivity contribution in [1.82, 2.24) is 9.97 Å². The van der Waals surface area contributed by atoms with Gasteiger partial charge in [-0.1, -0.05) is 25.1 Å². The molecule has 4 aromatic rings. The summed E-state index contributed by atoms with van der Waals surface area (Å²) in [6.45, 7) is 4.24. The molecule has 1 aliphatic rings. The highest BCUT2D eigenvalue weighted by Crippen LogP contribution is 2.33. The first kappa shape index (κ1) is 20.5. The first-order valence-electron chi connectivity index (χ1n) is 10.4. The van der Waals surface area contributed by atoms with Gasteiger partial charge in [-0.05, 0) is 89.5 Å². The SMILES string of the molecule is CCc1c[nH]c2ccccc12.Cc1cc(N)c(Br)cc1Nc1ccnc2c1CCC2. The minimum atomic E-state index is 0.767. The normalized spacial score (nSPS) is 12.4. The van der Waals surface area contributed by atoms with Gasteiger partial charge in [0.1, 0.15) is 0 Å². The van der Waals surface area contributed by atoms with Crippen molar-refractivity contribution in [1.29, 1.82) is 0 Å². The molecular weight excluding hydrogens is 436 g/mol. The van der Waals surface area contributed by atoms with Crippen LogP contribution in [0.4, 0.5) is 17.1 Å². The van der Waals surface area contributed by atoms with Gasteiger partial charge in [0.05, 0.1) is 0 Å². The van der Waals surface area contributed by atoms with Gasteiger partial charge in [0.25, 0.3) is 0 Å². The summed E-state index contributed by atoms with van der Waals surface area (Å²) in [4.78, 5) is 7.69. The van der Waals surface area contributed by atoms with Gasteiger partial charge in [0, 0.05) is 50.5 Å². The maximum Gasteiger partial charge on any atom is 0.0462 e. The Morgan fingerprint density at radius 1 is 1.13 bits per heavy atom. The van der Waals surface area contributed by atoms with Crippen LogP contribution in [0.5, 0.6) is 0 Å². The molecule has 30 heavy (non-hydrogen) atoms. The zero-order chi connectivity index (χ0) is 21.1. The lowest BCUT2D eigenvalue weighted by Crippen LogP contribution is -2.00. The smallest absolute Gasteiger partial charge is 0.0462 e. The van der Waals surface area contributed by atoms with E-state index in [9.17, 15) is 0 Å². The third-order valence-electron chi connectivity index (χ3n) is 5.65. The molecular formula is C25H27BrN4. The second-order valence-corrected chi connectivity index (χ2v) is 8.52. The number of H-pyrrole nitrogens is 1. The molecule has 0 radical (unpaired) electrons. The Bertz CT molecular complexity index is 1180. The highest BCUT2D eigenvalue weighted by Gasteiger charge is 2.16. The zero-order valence-corrected chi connectivity index (χ0v) is 19.0. The monoisotopic (exact) mass is 462 g/mol. The summed E-state index contributed by atoms with van der Waals surface area (Å²) in [5.41, 5.74) is 15.3. The largest absolute Gasteiger partial charge is 0.398 e. The van der Waals surface area contributed by atoms with Crippen LogP contribution in [0.15, 0.2) is 59.3 Å². The number of hydrogen-bond donors (Lipinski definition) is 3. The maximum atomic E-state index is 5.89. The molecule has 0 aliphatic heterocycles. The van der Waals surface area contributed by atoms with Crippen molar-refractivity contribution < 1.29 is 0 Å². The molecule has 4 nitrogen and oxygen atoms in total. The van der Waals surface area contributed by atoms with Crippen LogP contribution in [0.2, 0.25) is 0 Å². The first-order chi connectivity index (χ1) is 14.6. The number of para-hydroxylation sites is 1. The van der Waals surface area contributed by atoms with Crippen molar-refractivity contribution in [3.05, 3.63) is 81.7 Å². The molecule has 2 aromatic carbocycles. The Morgan fingerprint density at radius 3 is 2.80 bits per heavy atom. The number of nitrogen functional groups attached to an aromatic ring is 1. The van der Waals surface area contributed by atoms with Crippen LogP contribution in [0.3, 0.4) is 0 Å². The molecule has 0 unspecified atom stereocenters. The van der Waals surface area contributed by atoms with E-state index < -0.39 is 0 Å². The van der Waals surface area contributed by atoms with E-state index in [0.29, 0.717) is 0 Å². The maximum absolute atomic E-state index is 5.89. The van der Waals surface area contributed by atoms with E-state index in [1.165, 1.54) is 39.8 Å². The van der Waals surface area contributed by atoms with Gasteiger partial charge >= 0.3 is 0 Å². The van der Waals surface area contributed by atoms with Crippen molar-refractivity contribution in [2.45, 2.75) is 39.5 Å². The Labute approximate surface area is 186 Å². The third-order valence-corrected chi connectivity index (χ3v) is 6.34. The highest BCUT2D eigenvalue weighted by atomic mass is 79.9. The molecule has 0 spiro atoms. The number of nitrogens with one attached hydrogen (secondary N) is 2. The van der Waals surface area contributed by atoms with Gasteiger partial charge in [0.2, 0.25) is 0 Å². The number of pyridine rings is 1. The minimum absolute atomic E-state index is 0.767. The summed E-state index contributed by atoms with van der Waals surface area (Å²) in [7, 11) is 0. The van der Waals surface area contributed by atoms with Gasteiger partial charge < -0.3 is 16.0 Å². The average molecular weight is 463 g/mol.